The van der Waals surface area contributed by atoms with E-state index in [9.17, 15) is 4.79 Å². The molecule has 0 bridgehead atoms. The first-order chi connectivity index (χ1) is 14.2. The maximum Gasteiger partial charge on any atom is 0.246 e. The highest BCUT2D eigenvalue weighted by Crippen LogP contribution is 2.32. The molecule has 2 N–H and O–H groups in total. The quantitative estimate of drug-likeness (QED) is 0.606. The van der Waals surface area contributed by atoms with Crippen LogP contribution in [-0.4, -0.2) is 49.7 Å². The zero-order chi connectivity index (χ0) is 19.8. The van der Waals surface area contributed by atoms with Gasteiger partial charge in [0.15, 0.2) is 0 Å². The van der Waals surface area contributed by atoms with Gasteiger partial charge in [-0.25, -0.2) is 4.98 Å². The normalized spacial score (nSPS) is 19.3. The third-order valence-corrected chi connectivity index (χ3v) is 6.54. The molecule has 3 aromatic heterocycles. The molecule has 4 heterocycles. The molecule has 0 radical (unpaired) electrons. The first-order valence-electron chi connectivity index (χ1n) is 9.94. The van der Waals surface area contributed by atoms with Crippen molar-refractivity contribution in [3.63, 3.8) is 0 Å². The van der Waals surface area contributed by atoms with Crippen LogP contribution in [-0.2, 0) is 4.79 Å². The number of likely N-dealkylation sites (tertiary alicyclic amines) is 1. The van der Waals surface area contributed by atoms with Crippen LogP contribution < -0.4 is 10.6 Å². The molecule has 0 aromatic carbocycles. The average molecular weight is 410 g/mol. The summed E-state index contributed by atoms with van der Waals surface area (Å²) in [5.41, 5.74) is 1.79. The third kappa shape index (κ3) is 3.57. The second-order valence-corrected chi connectivity index (χ2v) is 8.48. The van der Waals surface area contributed by atoms with Crippen molar-refractivity contribution < 1.29 is 4.79 Å². The van der Waals surface area contributed by atoms with E-state index < -0.39 is 0 Å². The Morgan fingerprint density at radius 3 is 3.00 bits per heavy atom. The van der Waals surface area contributed by atoms with E-state index in [2.05, 4.69) is 27.3 Å². The number of anilines is 3. The minimum atomic E-state index is -0.0240. The number of carbonyl (C=O) groups is 1. The fourth-order valence-corrected chi connectivity index (χ4v) is 4.58. The van der Waals surface area contributed by atoms with Crippen LogP contribution in [0.2, 0.25) is 0 Å². The Kier molecular flexibility index (Phi) is 4.67. The lowest BCUT2D eigenvalue weighted by atomic mass is 9.93. The lowest BCUT2D eigenvalue weighted by Gasteiger charge is -2.25. The number of hydrogen-bond donors (Lipinski definition) is 2. The first kappa shape index (κ1) is 18.1. The smallest absolute Gasteiger partial charge is 0.246 e. The van der Waals surface area contributed by atoms with Crippen molar-refractivity contribution >= 4 is 44.9 Å². The third-order valence-electron chi connectivity index (χ3n) is 5.63. The number of thiophene rings is 1. The second kappa shape index (κ2) is 7.47. The second-order valence-electron chi connectivity index (χ2n) is 7.57. The van der Waals surface area contributed by atoms with Gasteiger partial charge in [-0.05, 0) is 43.2 Å². The van der Waals surface area contributed by atoms with E-state index in [1.807, 2.05) is 33.4 Å². The lowest BCUT2D eigenvalue weighted by molar-refractivity contribution is -0.125. The summed E-state index contributed by atoms with van der Waals surface area (Å²) in [7, 11) is 0. The summed E-state index contributed by atoms with van der Waals surface area (Å²) in [6, 6.07) is 2.68. The summed E-state index contributed by atoms with van der Waals surface area (Å²) < 4.78 is 3.05. The lowest BCUT2D eigenvalue weighted by Crippen LogP contribution is -2.30. The van der Waals surface area contributed by atoms with Crippen LogP contribution in [0.3, 0.4) is 0 Å². The van der Waals surface area contributed by atoms with E-state index in [4.69, 9.17) is 4.98 Å². The number of nitrogens with one attached hydrogen (secondary N) is 2. The Bertz CT molecular complexity index is 1050. The molecule has 1 saturated carbocycles. The van der Waals surface area contributed by atoms with Crippen molar-refractivity contribution in [2.75, 3.05) is 23.7 Å². The summed E-state index contributed by atoms with van der Waals surface area (Å²) in [6.07, 6.45) is 9.76. The van der Waals surface area contributed by atoms with Crippen LogP contribution >= 0.6 is 11.3 Å². The van der Waals surface area contributed by atoms with Gasteiger partial charge in [0.1, 0.15) is 5.82 Å². The Morgan fingerprint density at radius 1 is 1.31 bits per heavy atom. The maximum atomic E-state index is 11.9. The fraction of sp³-hybridized carbons (Fsp3) is 0.400. The van der Waals surface area contributed by atoms with Gasteiger partial charge in [-0.3, -0.25) is 9.48 Å². The van der Waals surface area contributed by atoms with Crippen molar-refractivity contribution in [2.24, 2.45) is 0 Å². The molecular formula is C20H23N7OS. The molecule has 1 atom stereocenters. The van der Waals surface area contributed by atoms with E-state index in [-0.39, 0.29) is 11.9 Å². The van der Waals surface area contributed by atoms with Crippen molar-refractivity contribution in [3.8, 4) is 0 Å². The molecule has 0 unspecified atom stereocenters. The number of nitrogens with zero attached hydrogens (tertiary/aromatic N) is 5. The van der Waals surface area contributed by atoms with Gasteiger partial charge in [-0.2, -0.15) is 10.1 Å². The molecule has 1 saturated heterocycles. The number of fused-ring (bicyclic) bond motifs is 1. The molecule has 3 aromatic rings. The molecule has 150 valence electrons. The van der Waals surface area contributed by atoms with E-state index in [0.717, 1.165) is 34.7 Å². The average Bonchev–Trinajstić information content (AvgIpc) is 3.41. The number of carbonyl (C=O) groups excluding carboxylic acids is 1. The summed E-state index contributed by atoms with van der Waals surface area (Å²) >= 11 is 1.61. The summed E-state index contributed by atoms with van der Waals surface area (Å²) in [5.74, 6) is 1.32. The highest BCUT2D eigenvalue weighted by Gasteiger charge is 2.26. The molecule has 29 heavy (non-hydrogen) atoms. The maximum absolute atomic E-state index is 11.9. The van der Waals surface area contributed by atoms with Crippen molar-refractivity contribution in [2.45, 2.75) is 37.8 Å². The van der Waals surface area contributed by atoms with Gasteiger partial charge in [0, 0.05) is 25.3 Å². The Labute approximate surface area is 172 Å². The summed E-state index contributed by atoms with van der Waals surface area (Å²) in [6.45, 7) is 4.96. The molecule has 2 aliphatic rings. The van der Waals surface area contributed by atoms with E-state index in [0.29, 0.717) is 18.5 Å². The number of amides is 1. The number of rotatable bonds is 6. The molecule has 5 rings (SSSR count). The minimum absolute atomic E-state index is 0.0240. The summed E-state index contributed by atoms with van der Waals surface area (Å²) in [4.78, 5) is 23.0. The van der Waals surface area contributed by atoms with Gasteiger partial charge >= 0.3 is 0 Å². The van der Waals surface area contributed by atoms with Crippen LogP contribution in [0, 0.1) is 0 Å². The monoisotopic (exact) mass is 409 g/mol. The van der Waals surface area contributed by atoms with Crippen molar-refractivity contribution in [1.29, 1.82) is 0 Å². The highest BCUT2D eigenvalue weighted by molar-refractivity contribution is 7.17. The molecule has 1 aliphatic carbocycles. The SMILES string of the molecule is C=CC(=O)N1CC[C@@H](Nc2nc(Nc3cnn(C4CCC4)c3)nc3ccsc23)C1. The molecule has 2 fully saturated rings. The Morgan fingerprint density at radius 2 is 2.21 bits per heavy atom. The fourth-order valence-electron chi connectivity index (χ4n) is 3.80. The molecule has 0 spiro atoms. The molecular weight excluding hydrogens is 386 g/mol. The number of aromatic nitrogens is 4. The zero-order valence-corrected chi connectivity index (χ0v) is 16.9. The minimum Gasteiger partial charge on any atom is -0.364 e. The van der Waals surface area contributed by atoms with E-state index in [1.54, 1.807) is 11.3 Å². The molecule has 1 aliphatic heterocycles. The molecule has 9 heteroatoms. The Hall–Kier alpha value is -2.94. The Balaban J connectivity index is 1.35. The van der Waals surface area contributed by atoms with Gasteiger partial charge in [-0.15, -0.1) is 11.3 Å². The van der Waals surface area contributed by atoms with Crippen LogP contribution in [0.25, 0.3) is 10.2 Å². The zero-order valence-electron chi connectivity index (χ0n) is 16.0. The number of hydrogen-bond acceptors (Lipinski definition) is 7. The van der Waals surface area contributed by atoms with Gasteiger partial charge < -0.3 is 15.5 Å². The van der Waals surface area contributed by atoms with Crippen LogP contribution in [0.1, 0.15) is 31.7 Å². The van der Waals surface area contributed by atoms with Crippen LogP contribution in [0.15, 0.2) is 36.5 Å². The summed E-state index contributed by atoms with van der Waals surface area (Å²) in [5, 5.41) is 13.3. The van der Waals surface area contributed by atoms with Gasteiger partial charge in [0.2, 0.25) is 11.9 Å². The van der Waals surface area contributed by atoms with Crippen LogP contribution in [0.5, 0.6) is 0 Å². The predicted octanol–water partition coefficient (Wildman–Crippen LogP) is 3.56. The standard InChI is InChI=1S/C20H23N7OS/c1-2-17(28)26-8-6-13(11-26)22-19-18-16(7-9-29-18)24-20(25-19)23-14-10-21-27(12-14)15-4-3-5-15/h2,7,9-10,12-13,15H,1,3-6,8,11H2,(H2,22,23,24,25)/t13-/m1/s1. The molecule has 1 amide bonds. The topological polar surface area (TPSA) is 88.0 Å². The first-order valence-corrected chi connectivity index (χ1v) is 10.8. The van der Waals surface area contributed by atoms with Gasteiger partial charge in [-0.1, -0.05) is 6.58 Å². The largest absolute Gasteiger partial charge is 0.364 e. The van der Waals surface area contributed by atoms with Crippen molar-refractivity contribution in [3.05, 3.63) is 36.5 Å². The van der Waals surface area contributed by atoms with E-state index >= 15 is 0 Å². The van der Waals surface area contributed by atoms with E-state index in [1.165, 1.54) is 25.3 Å². The highest BCUT2D eigenvalue weighted by atomic mass is 32.1. The van der Waals surface area contributed by atoms with Gasteiger partial charge in [0.25, 0.3) is 0 Å². The van der Waals surface area contributed by atoms with Crippen molar-refractivity contribution in [1.82, 2.24) is 24.6 Å². The van der Waals surface area contributed by atoms with Gasteiger partial charge in [0.05, 0.1) is 28.1 Å². The van der Waals surface area contributed by atoms with Crippen LogP contribution in [0.4, 0.5) is 17.5 Å². The predicted molar refractivity (Wildman–Crippen MR) is 115 cm³/mol. The molecule has 8 nitrogen and oxygen atoms in total.